The van der Waals surface area contributed by atoms with Gasteiger partial charge in [0.05, 0.1) is 0 Å². The number of hydrogen-bond acceptors (Lipinski definition) is 2. The van der Waals surface area contributed by atoms with Gasteiger partial charge in [0.1, 0.15) is 0 Å². The summed E-state index contributed by atoms with van der Waals surface area (Å²) in [5.41, 5.74) is 2.47. The number of rotatable bonds is 4. The Morgan fingerprint density at radius 2 is 2.38 bits per heavy atom. The number of carbonyl (C=O) groups is 1. The van der Waals surface area contributed by atoms with Crippen LogP contribution in [0.2, 0.25) is 0 Å². The zero-order chi connectivity index (χ0) is 11.4. The van der Waals surface area contributed by atoms with Crippen molar-refractivity contribution in [1.82, 2.24) is 5.32 Å². The maximum Gasteiger partial charge on any atom is 0.303 e. The van der Waals surface area contributed by atoms with Crippen molar-refractivity contribution in [3.63, 3.8) is 0 Å². The molecule has 1 aromatic carbocycles. The van der Waals surface area contributed by atoms with Gasteiger partial charge in [0.25, 0.3) is 0 Å². The standard InChI is InChI=1S/C13H17NO2/c15-13(16)5-4-10-2-1-3-11(8-10)12-6-7-14-9-12/h1-3,8,12,14H,4-7,9H2,(H,15,16). The number of benzene rings is 1. The van der Waals surface area contributed by atoms with E-state index < -0.39 is 5.97 Å². The molecule has 0 aliphatic carbocycles. The fourth-order valence-electron chi connectivity index (χ4n) is 2.19. The molecule has 3 nitrogen and oxygen atoms in total. The molecule has 3 heteroatoms. The first-order chi connectivity index (χ1) is 7.75. The Hall–Kier alpha value is -1.35. The van der Waals surface area contributed by atoms with Gasteiger partial charge in [-0.1, -0.05) is 24.3 Å². The monoisotopic (exact) mass is 219 g/mol. The van der Waals surface area contributed by atoms with Gasteiger partial charge in [-0.15, -0.1) is 0 Å². The second-order valence-electron chi connectivity index (χ2n) is 4.33. The second-order valence-corrected chi connectivity index (χ2v) is 4.33. The molecule has 1 fully saturated rings. The molecule has 86 valence electrons. The molecule has 2 rings (SSSR count). The predicted molar refractivity (Wildman–Crippen MR) is 62.6 cm³/mol. The molecule has 1 aliphatic heterocycles. The van der Waals surface area contributed by atoms with Crippen LogP contribution in [0.15, 0.2) is 24.3 Å². The van der Waals surface area contributed by atoms with Crippen molar-refractivity contribution in [2.45, 2.75) is 25.2 Å². The number of hydrogen-bond donors (Lipinski definition) is 2. The molecule has 1 aliphatic rings. The first-order valence-corrected chi connectivity index (χ1v) is 5.77. The molecule has 0 spiro atoms. The first kappa shape index (κ1) is 11.1. The number of aryl methyl sites for hydroxylation is 1. The number of carboxylic acids is 1. The van der Waals surface area contributed by atoms with Crippen molar-refractivity contribution in [2.75, 3.05) is 13.1 Å². The lowest BCUT2D eigenvalue weighted by atomic mass is 9.95. The Kier molecular flexibility index (Phi) is 3.57. The van der Waals surface area contributed by atoms with Gasteiger partial charge in [-0.05, 0) is 36.4 Å². The number of nitrogens with one attached hydrogen (secondary N) is 1. The third-order valence-corrected chi connectivity index (χ3v) is 3.11. The lowest BCUT2D eigenvalue weighted by Crippen LogP contribution is -2.08. The maximum atomic E-state index is 10.5. The molecule has 1 aromatic rings. The van der Waals surface area contributed by atoms with Crippen LogP contribution in [0.5, 0.6) is 0 Å². The lowest BCUT2D eigenvalue weighted by molar-refractivity contribution is -0.136. The molecule has 0 aromatic heterocycles. The Bertz CT molecular complexity index is 370. The molecule has 1 saturated heterocycles. The number of aliphatic carboxylic acids is 1. The highest BCUT2D eigenvalue weighted by molar-refractivity contribution is 5.67. The summed E-state index contributed by atoms with van der Waals surface area (Å²) < 4.78 is 0. The van der Waals surface area contributed by atoms with Gasteiger partial charge in [-0.2, -0.15) is 0 Å². The lowest BCUT2D eigenvalue weighted by Gasteiger charge is -2.10. The van der Waals surface area contributed by atoms with E-state index in [0.717, 1.165) is 18.7 Å². The molecule has 1 unspecified atom stereocenters. The fourth-order valence-corrected chi connectivity index (χ4v) is 2.19. The molecular weight excluding hydrogens is 202 g/mol. The van der Waals surface area contributed by atoms with E-state index in [1.54, 1.807) is 0 Å². The molecule has 0 amide bonds. The molecule has 2 N–H and O–H groups in total. The van der Waals surface area contributed by atoms with Crippen molar-refractivity contribution >= 4 is 5.97 Å². The quantitative estimate of drug-likeness (QED) is 0.811. The highest BCUT2D eigenvalue weighted by atomic mass is 16.4. The van der Waals surface area contributed by atoms with E-state index in [1.807, 2.05) is 12.1 Å². The zero-order valence-corrected chi connectivity index (χ0v) is 9.28. The van der Waals surface area contributed by atoms with Crippen molar-refractivity contribution in [2.24, 2.45) is 0 Å². The van der Waals surface area contributed by atoms with Crippen molar-refractivity contribution in [3.05, 3.63) is 35.4 Å². The molecule has 0 bridgehead atoms. The third kappa shape index (κ3) is 2.83. The Balaban J connectivity index is 2.03. The van der Waals surface area contributed by atoms with Crippen LogP contribution >= 0.6 is 0 Å². The SMILES string of the molecule is O=C(O)CCc1cccc(C2CCNC2)c1. The zero-order valence-electron chi connectivity index (χ0n) is 9.28. The summed E-state index contributed by atoms with van der Waals surface area (Å²) in [6.07, 6.45) is 2.03. The minimum absolute atomic E-state index is 0.215. The van der Waals surface area contributed by atoms with E-state index in [1.165, 1.54) is 12.0 Å². The summed E-state index contributed by atoms with van der Waals surface area (Å²) in [6, 6.07) is 8.34. The second kappa shape index (κ2) is 5.12. The van der Waals surface area contributed by atoms with Gasteiger partial charge in [-0.25, -0.2) is 0 Å². The van der Waals surface area contributed by atoms with Crippen LogP contribution in [-0.2, 0) is 11.2 Å². The minimum atomic E-state index is -0.729. The molecule has 0 saturated carbocycles. The third-order valence-electron chi connectivity index (χ3n) is 3.11. The van der Waals surface area contributed by atoms with Crippen molar-refractivity contribution in [1.29, 1.82) is 0 Å². The molecule has 1 atom stereocenters. The Labute approximate surface area is 95.5 Å². The van der Waals surface area contributed by atoms with Gasteiger partial charge in [0.2, 0.25) is 0 Å². The average Bonchev–Trinajstić information content (AvgIpc) is 2.80. The van der Waals surface area contributed by atoms with E-state index >= 15 is 0 Å². The van der Waals surface area contributed by atoms with Crippen LogP contribution in [0.4, 0.5) is 0 Å². The molecule has 1 heterocycles. The summed E-state index contributed by atoms with van der Waals surface area (Å²) in [4.78, 5) is 10.5. The summed E-state index contributed by atoms with van der Waals surface area (Å²) in [5.74, 6) is -0.127. The van der Waals surface area contributed by atoms with E-state index in [0.29, 0.717) is 12.3 Å². The van der Waals surface area contributed by atoms with Crippen molar-refractivity contribution < 1.29 is 9.90 Å². The minimum Gasteiger partial charge on any atom is -0.481 e. The van der Waals surface area contributed by atoms with Crippen LogP contribution < -0.4 is 5.32 Å². The van der Waals surface area contributed by atoms with Gasteiger partial charge < -0.3 is 10.4 Å². The van der Waals surface area contributed by atoms with E-state index in [2.05, 4.69) is 17.4 Å². The van der Waals surface area contributed by atoms with E-state index in [4.69, 9.17) is 5.11 Å². The first-order valence-electron chi connectivity index (χ1n) is 5.77. The Morgan fingerprint density at radius 3 is 3.06 bits per heavy atom. The molecule has 0 radical (unpaired) electrons. The molecule has 16 heavy (non-hydrogen) atoms. The Morgan fingerprint density at radius 1 is 1.50 bits per heavy atom. The van der Waals surface area contributed by atoms with E-state index in [-0.39, 0.29) is 6.42 Å². The van der Waals surface area contributed by atoms with Gasteiger partial charge in [-0.3, -0.25) is 4.79 Å². The smallest absolute Gasteiger partial charge is 0.303 e. The van der Waals surface area contributed by atoms with Crippen LogP contribution in [0.1, 0.15) is 29.9 Å². The normalized spacial score (nSPS) is 19.9. The van der Waals surface area contributed by atoms with Crippen LogP contribution in [0, 0.1) is 0 Å². The highest BCUT2D eigenvalue weighted by Crippen LogP contribution is 2.23. The summed E-state index contributed by atoms with van der Waals surface area (Å²) in [6.45, 7) is 2.13. The van der Waals surface area contributed by atoms with Crippen molar-refractivity contribution in [3.8, 4) is 0 Å². The van der Waals surface area contributed by atoms with Gasteiger partial charge >= 0.3 is 5.97 Å². The summed E-state index contributed by atoms with van der Waals surface area (Å²) >= 11 is 0. The average molecular weight is 219 g/mol. The van der Waals surface area contributed by atoms with Crippen LogP contribution in [-0.4, -0.2) is 24.2 Å². The van der Waals surface area contributed by atoms with Crippen LogP contribution in [0.25, 0.3) is 0 Å². The topological polar surface area (TPSA) is 49.3 Å². The molecular formula is C13H17NO2. The largest absolute Gasteiger partial charge is 0.481 e. The van der Waals surface area contributed by atoms with E-state index in [9.17, 15) is 4.79 Å². The fraction of sp³-hybridized carbons (Fsp3) is 0.462. The van der Waals surface area contributed by atoms with Gasteiger partial charge in [0, 0.05) is 13.0 Å². The number of carboxylic acid groups (broad SMARTS) is 1. The highest BCUT2D eigenvalue weighted by Gasteiger charge is 2.16. The van der Waals surface area contributed by atoms with Crippen LogP contribution in [0.3, 0.4) is 0 Å². The summed E-state index contributed by atoms with van der Waals surface area (Å²) in [7, 11) is 0. The van der Waals surface area contributed by atoms with Gasteiger partial charge in [0.15, 0.2) is 0 Å². The summed E-state index contributed by atoms with van der Waals surface area (Å²) in [5, 5.41) is 12.0. The predicted octanol–water partition coefficient (Wildman–Crippen LogP) is 1.78. The maximum absolute atomic E-state index is 10.5.